The zero-order valence-electron chi connectivity index (χ0n) is 27.5. The van der Waals surface area contributed by atoms with Crippen molar-refractivity contribution in [1.29, 1.82) is 0 Å². The number of hydrogen-bond acceptors (Lipinski definition) is 5. The molecule has 8 nitrogen and oxygen atoms in total. The van der Waals surface area contributed by atoms with Crippen LogP contribution in [0.25, 0.3) is 0 Å². The zero-order valence-corrected chi connectivity index (χ0v) is 27.5. The summed E-state index contributed by atoms with van der Waals surface area (Å²) in [4.78, 5) is 36.0. The van der Waals surface area contributed by atoms with E-state index in [0.717, 1.165) is 36.8 Å². The Hall–Kier alpha value is -3.75. The molecule has 2 N–H and O–H groups in total. The Kier molecular flexibility index (Phi) is 11.3. The Morgan fingerprint density at radius 3 is 1.83 bits per heavy atom. The number of H-pyrrole nitrogens is 2. The van der Waals surface area contributed by atoms with Crippen molar-refractivity contribution in [3.05, 3.63) is 108 Å². The lowest BCUT2D eigenvalue weighted by atomic mass is 9.85. The average Bonchev–Trinajstić information content (AvgIpc) is 3.83. The average molecular weight is 622 g/mol. The molecule has 0 spiro atoms. The number of nitrogens with one attached hydrogen (secondary N) is 2. The standard InChI is InChI=1S/C38H51N7O/c1-2-25-45(34-11-7-4-8-12-34)35-19-17-33(18-20-35)43(26-30-9-5-3-6-10-30)27-31-13-15-32(16-14-31)38(46)44(28-36-39-21-22-40-36)29-37-41-23-24-42-37/h3,5-6,9-10,13-16,21-24,33-35H,2,4,7-8,11-12,17-20,25-29H2,1H3,(H,39,40)(H,41,42). The third-order valence-electron chi connectivity index (χ3n) is 10.1. The molecule has 1 amide bonds. The van der Waals surface area contributed by atoms with Crippen molar-refractivity contribution in [2.24, 2.45) is 0 Å². The Morgan fingerprint density at radius 1 is 0.696 bits per heavy atom. The Labute approximate surface area is 274 Å². The summed E-state index contributed by atoms with van der Waals surface area (Å²) in [5.74, 6) is 1.46. The number of benzene rings is 2. The zero-order chi connectivity index (χ0) is 31.6. The molecule has 0 unspecified atom stereocenters. The van der Waals surface area contributed by atoms with Gasteiger partial charge in [0.2, 0.25) is 0 Å². The molecule has 2 fully saturated rings. The lowest BCUT2D eigenvalue weighted by Gasteiger charge is -2.45. The van der Waals surface area contributed by atoms with E-state index in [9.17, 15) is 4.79 Å². The summed E-state index contributed by atoms with van der Waals surface area (Å²) in [7, 11) is 0. The summed E-state index contributed by atoms with van der Waals surface area (Å²) in [6.45, 7) is 6.19. The van der Waals surface area contributed by atoms with Crippen molar-refractivity contribution in [3.8, 4) is 0 Å². The highest BCUT2D eigenvalue weighted by Gasteiger charge is 2.32. The van der Waals surface area contributed by atoms with Gasteiger partial charge in [-0.2, -0.15) is 0 Å². The fourth-order valence-electron chi connectivity index (χ4n) is 7.72. The predicted octanol–water partition coefficient (Wildman–Crippen LogP) is 7.33. The van der Waals surface area contributed by atoms with Gasteiger partial charge in [0, 0.05) is 61.6 Å². The highest BCUT2D eigenvalue weighted by molar-refractivity contribution is 5.94. The van der Waals surface area contributed by atoms with Crippen LogP contribution in [-0.4, -0.2) is 65.2 Å². The second-order valence-corrected chi connectivity index (χ2v) is 13.3. The number of imidazole rings is 2. The molecule has 0 radical (unpaired) electrons. The molecule has 2 heterocycles. The molecular weight excluding hydrogens is 570 g/mol. The molecule has 6 rings (SSSR count). The molecule has 244 valence electrons. The summed E-state index contributed by atoms with van der Waals surface area (Å²) < 4.78 is 0. The molecular formula is C38H51N7O. The van der Waals surface area contributed by atoms with E-state index in [2.05, 4.69) is 79.1 Å². The van der Waals surface area contributed by atoms with Crippen molar-refractivity contribution < 1.29 is 4.79 Å². The molecule has 8 heteroatoms. The number of hydrogen-bond donors (Lipinski definition) is 2. The van der Waals surface area contributed by atoms with E-state index in [1.54, 1.807) is 29.7 Å². The van der Waals surface area contributed by atoms with Gasteiger partial charge in [0.25, 0.3) is 5.91 Å². The molecule has 2 saturated carbocycles. The summed E-state index contributed by atoms with van der Waals surface area (Å²) >= 11 is 0. The summed E-state index contributed by atoms with van der Waals surface area (Å²) in [5, 5.41) is 0. The molecule has 0 atom stereocenters. The second-order valence-electron chi connectivity index (χ2n) is 13.3. The monoisotopic (exact) mass is 621 g/mol. The molecule has 4 aromatic rings. The van der Waals surface area contributed by atoms with Crippen LogP contribution in [0.2, 0.25) is 0 Å². The molecule has 0 saturated heterocycles. The Balaban J connectivity index is 1.13. The minimum atomic E-state index is -0.0339. The normalized spacial score (nSPS) is 19.1. The van der Waals surface area contributed by atoms with E-state index in [-0.39, 0.29) is 5.91 Å². The van der Waals surface area contributed by atoms with Gasteiger partial charge in [-0.3, -0.25) is 14.6 Å². The maximum atomic E-state index is 13.7. The Morgan fingerprint density at radius 2 is 1.26 bits per heavy atom. The van der Waals surface area contributed by atoms with E-state index in [1.165, 1.54) is 81.9 Å². The molecule has 0 bridgehead atoms. The van der Waals surface area contributed by atoms with Gasteiger partial charge in [0.1, 0.15) is 11.6 Å². The van der Waals surface area contributed by atoms with Crippen LogP contribution >= 0.6 is 0 Å². The fraction of sp³-hybridized carbons (Fsp3) is 0.500. The van der Waals surface area contributed by atoms with Crippen LogP contribution in [0.4, 0.5) is 0 Å². The third-order valence-corrected chi connectivity index (χ3v) is 10.1. The number of nitrogens with zero attached hydrogens (tertiary/aromatic N) is 5. The van der Waals surface area contributed by atoms with Crippen molar-refractivity contribution >= 4 is 5.91 Å². The maximum Gasteiger partial charge on any atom is 0.254 e. The fourth-order valence-corrected chi connectivity index (χ4v) is 7.72. The van der Waals surface area contributed by atoms with Gasteiger partial charge in [-0.05, 0) is 74.8 Å². The van der Waals surface area contributed by atoms with Crippen LogP contribution in [0.1, 0.15) is 104 Å². The first-order chi connectivity index (χ1) is 22.7. The van der Waals surface area contributed by atoms with E-state index >= 15 is 0 Å². The highest BCUT2D eigenvalue weighted by Crippen LogP contribution is 2.33. The van der Waals surface area contributed by atoms with Crippen LogP contribution in [0.3, 0.4) is 0 Å². The van der Waals surface area contributed by atoms with Crippen LogP contribution < -0.4 is 0 Å². The minimum absolute atomic E-state index is 0.0339. The van der Waals surface area contributed by atoms with E-state index in [4.69, 9.17) is 0 Å². The van der Waals surface area contributed by atoms with Gasteiger partial charge in [-0.15, -0.1) is 0 Å². The lowest BCUT2D eigenvalue weighted by Crippen LogP contribution is -2.48. The summed E-state index contributed by atoms with van der Waals surface area (Å²) in [6, 6.07) is 21.2. The molecule has 46 heavy (non-hydrogen) atoms. The lowest BCUT2D eigenvalue weighted by molar-refractivity contribution is 0.0496. The van der Waals surface area contributed by atoms with E-state index in [0.29, 0.717) is 24.7 Å². The first kappa shape index (κ1) is 32.2. The highest BCUT2D eigenvalue weighted by atomic mass is 16.2. The quantitative estimate of drug-likeness (QED) is 0.154. The molecule has 2 aromatic carbocycles. The molecule has 0 aliphatic heterocycles. The van der Waals surface area contributed by atoms with Gasteiger partial charge in [0.15, 0.2) is 0 Å². The van der Waals surface area contributed by atoms with Crippen molar-refractivity contribution in [1.82, 2.24) is 34.6 Å². The predicted molar refractivity (Wildman–Crippen MR) is 183 cm³/mol. The topological polar surface area (TPSA) is 84.2 Å². The van der Waals surface area contributed by atoms with Crippen LogP contribution in [0, 0.1) is 0 Å². The SMILES string of the molecule is CCCN(C1CCCCC1)C1CCC(N(Cc2ccccc2)Cc2ccc(C(=O)N(Cc3ncc[nH]3)Cc3ncc[nH]3)cc2)CC1. The van der Waals surface area contributed by atoms with Crippen LogP contribution in [0.5, 0.6) is 0 Å². The smallest absolute Gasteiger partial charge is 0.254 e. The molecule has 2 aliphatic rings. The summed E-state index contributed by atoms with van der Waals surface area (Å²) in [5.41, 5.74) is 3.28. The number of rotatable bonds is 14. The summed E-state index contributed by atoms with van der Waals surface area (Å²) in [6.07, 6.45) is 20.3. The van der Waals surface area contributed by atoms with Crippen molar-refractivity contribution in [2.45, 2.75) is 115 Å². The van der Waals surface area contributed by atoms with Gasteiger partial charge in [-0.25, -0.2) is 9.97 Å². The maximum absolute atomic E-state index is 13.7. The van der Waals surface area contributed by atoms with Gasteiger partial charge in [0.05, 0.1) is 13.1 Å². The second kappa shape index (κ2) is 16.2. The first-order valence-electron chi connectivity index (χ1n) is 17.5. The van der Waals surface area contributed by atoms with Crippen molar-refractivity contribution in [3.63, 3.8) is 0 Å². The number of aromatic amines is 2. The van der Waals surface area contributed by atoms with Crippen LogP contribution in [-0.2, 0) is 26.2 Å². The van der Waals surface area contributed by atoms with Crippen LogP contribution in [0.15, 0.2) is 79.4 Å². The van der Waals surface area contributed by atoms with E-state index < -0.39 is 0 Å². The van der Waals surface area contributed by atoms with Gasteiger partial charge < -0.3 is 14.9 Å². The van der Waals surface area contributed by atoms with Gasteiger partial charge in [-0.1, -0.05) is 68.7 Å². The number of amides is 1. The third kappa shape index (κ3) is 8.53. The number of carbonyl (C=O) groups is 1. The van der Waals surface area contributed by atoms with Crippen molar-refractivity contribution in [2.75, 3.05) is 6.54 Å². The minimum Gasteiger partial charge on any atom is -0.347 e. The number of aromatic nitrogens is 4. The first-order valence-corrected chi connectivity index (χ1v) is 17.5. The van der Waals surface area contributed by atoms with E-state index in [1.807, 2.05) is 12.1 Å². The molecule has 2 aliphatic carbocycles. The largest absolute Gasteiger partial charge is 0.347 e. The molecule has 2 aromatic heterocycles. The van der Waals surface area contributed by atoms with Gasteiger partial charge >= 0.3 is 0 Å². The number of carbonyl (C=O) groups excluding carboxylic acids is 1. The Bertz CT molecular complexity index is 1390.